The lowest BCUT2D eigenvalue weighted by molar-refractivity contribution is 0.313. The van der Waals surface area contributed by atoms with Crippen molar-refractivity contribution in [3.63, 3.8) is 0 Å². The lowest BCUT2D eigenvalue weighted by Crippen LogP contribution is -2.44. The molecular formula is C19H25N5. The number of nitrogens with zero attached hydrogens (tertiary/aromatic N) is 4. The van der Waals surface area contributed by atoms with E-state index in [1.165, 1.54) is 16.9 Å². The molecule has 1 aromatic carbocycles. The van der Waals surface area contributed by atoms with Gasteiger partial charge in [-0.2, -0.15) is 0 Å². The number of benzene rings is 1. The Morgan fingerprint density at radius 3 is 2.42 bits per heavy atom. The Kier molecular flexibility index (Phi) is 3.61. The molecule has 3 heterocycles. The molecule has 1 N–H and O–H groups in total. The summed E-state index contributed by atoms with van der Waals surface area (Å²) in [6, 6.07) is 8.78. The quantitative estimate of drug-likeness (QED) is 0.788. The number of aryl methyl sites for hydroxylation is 2. The predicted molar refractivity (Wildman–Crippen MR) is 99.7 cm³/mol. The van der Waals surface area contributed by atoms with E-state index < -0.39 is 0 Å². The zero-order chi connectivity index (χ0) is 16.8. The van der Waals surface area contributed by atoms with Crippen molar-refractivity contribution >= 4 is 16.7 Å². The van der Waals surface area contributed by atoms with E-state index in [1.54, 1.807) is 0 Å². The molecule has 0 spiro atoms. The molecule has 4 rings (SSSR count). The van der Waals surface area contributed by atoms with Gasteiger partial charge in [0.1, 0.15) is 0 Å². The van der Waals surface area contributed by atoms with Crippen LogP contribution < -0.4 is 4.90 Å². The average Bonchev–Trinajstić information content (AvgIpc) is 3.12. The number of likely N-dealkylation sites (N-methyl/N-ethyl adjacent to an activating group) is 1. The minimum absolute atomic E-state index is 0.944. The number of anilines is 1. The highest BCUT2D eigenvalue weighted by Gasteiger charge is 2.17. The first-order valence-corrected chi connectivity index (χ1v) is 8.59. The molecule has 0 aliphatic carbocycles. The van der Waals surface area contributed by atoms with Crippen LogP contribution in [0.15, 0.2) is 24.3 Å². The highest BCUT2D eigenvalue weighted by atomic mass is 15.2. The van der Waals surface area contributed by atoms with E-state index in [1.807, 2.05) is 0 Å². The number of aromatic amines is 1. The van der Waals surface area contributed by atoms with Gasteiger partial charge in [0.05, 0.1) is 16.7 Å². The second-order valence-electron chi connectivity index (χ2n) is 6.95. The summed E-state index contributed by atoms with van der Waals surface area (Å²) >= 11 is 0. The minimum atomic E-state index is 0.944. The van der Waals surface area contributed by atoms with Crippen molar-refractivity contribution in [2.75, 3.05) is 38.1 Å². The van der Waals surface area contributed by atoms with Gasteiger partial charge in [-0.25, -0.2) is 4.98 Å². The monoisotopic (exact) mass is 323 g/mol. The van der Waals surface area contributed by atoms with E-state index in [-0.39, 0.29) is 0 Å². The summed E-state index contributed by atoms with van der Waals surface area (Å²) in [5, 5.41) is 0. The van der Waals surface area contributed by atoms with Gasteiger partial charge in [0, 0.05) is 44.6 Å². The lowest BCUT2D eigenvalue weighted by atomic mass is 10.1. The topological polar surface area (TPSA) is 40.1 Å². The SMILES string of the molecule is Cc1cc(N2CCN(C)CC2)cc2[nH]c(-c3ccc(C)n3C)nc12. The molecule has 1 aliphatic heterocycles. The number of nitrogens with one attached hydrogen (secondary N) is 1. The second-order valence-corrected chi connectivity index (χ2v) is 6.95. The molecule has 0 atom stereocenters. The normalized spacial score (nSPS) is 16.2. The van der Waals surface area contributed by atoms with E-state index in [9.17, 15) is 0 Å². The Hall–Kier alpha value is -2.27. The Balaban J connectivity index is 1.74. The number of rotatable bonds is 2. The van der Waals surface area contributed by atoms with Crippen LogP contribution in [-0.4, -0.2) is 52.7 Å². The van der Waals surface area contributed by atoms with E-state index >= 15 is 0 Å². The van der Waals surface area contributed by atoms with E-state index in [0.717, 1.165) is 48.7 Å². The highest BCUT2D eigenvalue weighted by Crippen LogP contribution is 2.28. The van der Waals surface area contributed by atoms with Crippen LogP contribution in [0.3, 0.4) is 0 Å². The third-order valence-electron chi connectivity index (χ3n) is 5.25. The van der Waals surface area contributed by atoms with Gasteiger partial charge in [0.15, 0.2) is 5.82 Å². The summed E-state index contributed by atoms with van der Waals surface area (Å²) in [6.07, 6.45) is 0. The van der Waals surface area contributed by atoms with Crippen molar-refractivity contribution in [2.24, 2.45) is 7.05 Å². The molecular weight excluding hydrogens is 298 g/mol. The maximum Gasteiger partial charge on any atom is 0.155 e. The summed E-state index contributed by atoms with van der Waals surface area (Å²) in [7, 11) is 4.27. The number of H-pyrrole nitrogens is 1. The molecule has 1 saturated heterocycles. The molecule has 0 amide bonds. The van der Waals surface area contributed by atoms with Gasteiger partial charge >= 0.3 is 0 Å². The first-order chi connectivity index (χ1) is 11.5. The van der Waals surface area contributed by atoms with Crippen LogP contribution in [0.25, 0.3) is 22.6 Å². The van der Waals surface area contributed by atoms with Gasteiger partial charge in [-0.1, -0.05) is 0 Å². The summed E-state index contributed by atoms with van der Waals surface area (Å²) in [5.41, 5.74) is 7.09. The molecule has 1 aliphatic rings. The molecule has 24 heavy (non-hydrogen) atoms. The van der Waals surface area contributed by atoms with Crippen molar-refractivity contribution < 1.29 is 0 Å². The van der Waals surface area contributed by atoms with Crippen molar-refractivity contribution in [1.82, 2.24) is 19.4 Å². The Bertz CT molecular complexity index is 881. The minimum Gasteiger partial charge on any atom is -0.369 e. The smallest absolute Gasteiger partial charge is 0.155 e. The van der Waals surface area contributed by atoms with Crippen molar-refractivity contribution in [3.05, 3.63) is 35.5 Å². The molecule has 126 valence electrons. The molecule has 2 aromatic heterocycles. The lowest BCUT2D eigenvalue weighted by Gasteiger charge is -2.34. The molecule has 0 saturated carbocycles. The van der Waals surface area contributed by atoms with E-state index in [0.29, 0.717) is 0 Å². The van der Waals surface area contributed by atoms with Crippen LogP contribution in [0, 0.1) is 13.8 Å². The van der Waals surface area contributed by atoms with Gasteiger partial charge in [0.25, 0.3) is 0 Å². The zero-order valence-electron chi connectivity index (χ0n) is 14.9. The van der Waals surface area contributed by atoms with E-state index in [4.69, 9.17) is 4.98 Å². The third kappa shape index (κ3) is 2.49. The Morgan fingerprint density at radius 1 is 1.00 bits per heavy atom. The van der Waals surface area contributed by atoms with Crippen LogP contribution in [0.4, 0.5) is 5.69 Å². The number of hydrogen-bond donors (Lipinski definition) is 1. The van der Waals surface area contributed by atoms with Crippen LogP contribution in [-0.2, 0) is 7.05 Å². The molecule has 5 nitrogen and oxygen atoms in total. The number of aromatic nitrogens is 3. The van der Waals surface area contributed by atoms with Crippen molar-refractivity contribution in [3.8, 4) is 11.5 Å². The molecule has 3 aromatic rings. The summed E-state index contributed by atoms with van der Waals surface area (Å²) in [4.78, 5) is 13.2. The number of piperazine rings is 1. The Morgan fingerprint density at radius 2 is 1.75 bits per heavy atom. The summed E-state index contributed by atoms with van der Waals surface area (Å²) < 4.78 is 2.18. The van der Waals surface area contributed by atoms with Crippen molar-refractivity contribution in [1.29, 1.82) is 0 Å². The molecule has 5 heteroatoms. The number of fused-ring (bicyclic) bond motifs is 1. The van der Waals surface area contributed by atoms with Gasteiger partial charge in [-0.3, -0.25) is 0 Å². The molecule has 0 unspecified atom stereocenters. The van der Waals surface area contributed by atoms with Crippen LogP contribution in [0.2, 0.25) is 0 Å². The zero-order valence-corrected chi connectivity index (χ0v) is 14.9. The standard InChI is InChI=1S/C19H25N5/c1-13-11-15(24-9-7-22(3)8-10-24)12-16-18(13)21-19(20-16)17-6-5-14(2)23(17)4/h5-6,11-12H,7-10H2,1-4H3,(H,20,21). The van der Waals surface area contributed by atoms with Gasteiger partial charge in [-0.05, 0) is 50.7 Å². The van der Waals surface area contributed by atoms with Gasteiger partial charge in [0.2, 0.25) is 0 Å². The molecule has 1 fully saturated rings. The Labute approximate surface area is 142 Å². The second kappa shape index (κ2) is 5.67. The largest absolute Gasteiger partial charge is 0.369 e. The maximum atomic E-state index is 4.85. The fraction of sp³-hybridized carbons (Fsp3) is 0.421. The number of imidazole rings is 1. The average molecular weight is 323 g/mol. The fourth-order valence-electron chi connectivity index (χ4n) is 3.49. The summed E-state index contributed by atoms with van der Waals surface area (Å²) in [6.45, 7) is 8.67. The highest BCUT2D eigenvalue weighted by molar-refractivity contribution is 5.85. The van der Waals surface area contributed by atoms with Gasteiger partial charge < -0.3 is 19.4 Å². The number of hydrogen-bond acceptors (Lipinski definition) is 3. The first kappa shape index (κ1) is 15.3. The van der Waals surface area contributed by atoms with Crippen LogP contribution in [0.1, 0.15) is 11.3 Å². The predicted octanol–water partition coefficient (Wildman–Crippen LogP) is 2.94. The van der Waals surface area contributed by atoms with E-state index in [2.05, 4.69) is 71.6 Å². The summed E-state index contributed by atoms with van der Waals surface area (Å²) in [5.74, 6) is 0.944. The van der Waals surface area contributed by atoms with Crippen LogP contribution >= 0.6 is 0 Å². The molecule has 0 bridgehead atoms. The van der Waals surface area contributed by atoms with Gasteiger partial charge in [-0.15, -0.1) is 0 Å². The first-order valence-electron chi connectivity index (χ1n) is 8.59. The molecule has 0 radical (unpaired) electrons. The third-order valence-corrected chi connectivity index (χ3v) is 5.25. The van der Waals surface area contributed by atoms with Crippen molar-refractivity contribution in [2.45, 2.75) is 13.8 Å². The fourth-order valence-corrected chi connectivity index (χ4v) is 3.49. The maximum absolute atomic E-state index is 4.85. The van der Waals surface area contributed by atoms with Crippen LogP contribution in [0.5, 0.6) is 0 Å².